The minimum atomic E-state index is 0.176. The summed E-state index contributed by atoms with van der Waals surface area (Å²) in [5, 5.41) is 3.00. The van der Waals surface area contributed by atoms with E-state index in [-0.39, 0.29) is 11.7 Å². The average Bonchev–Trinajstić information content (AvgIpc) is 2.48. The Morgan fingerprint density at radius 1 is 0.833 bits per heavy atom. The predicted octanol–water partition coefficient (Wildman–Crippen LogP) is 4.08. The van der Waals surface area contributed by atoms with Gasteiger partial charge in [-0.2, -0.15) is 0 Å². The van der Waals surface area contributed by atoms with Crippen LogP contribution in [-0.4, -0.2) is 49.9 Å². The second kappa shape index (κ2) is 14.4. The van der Waals surface area contributed by atoms with Gasteiger partial charge in [0.15, 0.2) is 5.78 Å². The number of nitrogens with zero attached hydrogens (tertiary/aromatic N) is 1. The zero-order valence-corrected chi connectivity index (χ0v) is 16.7. The number of quaternary nitrogens is 1. The van der Waals surface area contributed by atoms with Gasteiger partial charge in [-0.1, -0.05) is 58.3 Å². The molecule has 0 bridgehead atoms. The highest BCUT2D eigenvalue weighted by molar-refractivity contribution is 5.76. The number of ketones is 1. The van der Waals surface area contributed by atoms with Gasteiger partial charge >= 0.3 is 0 Å². The molecule has 0 rings (SSSR count). The van der Waals surface area contributed by atoms with Gasteiger partial charge in [-0.25, -0.2) is 0 Å². The minimum Gasteiger partial charge on any atom is -0.356 e. The Morgan fingerprint density at radius 2 is 1.38 bits per heavy atom. The summed E-state index contributed by atoms with van der Waals surface area (Å²) in [6, 6.07) is 0. The summed E-state index contributed by atoms with van der Waals surface area (Å²) < 4.78 is 0.698. The molecule has 0 aliphatic rings. The second-order valence-electron chi connectivity index (χ2n) is 7.80. The van der Waals surface area contributed by atoms with Gasteiger partial charge in [-0.15, -0.1) is 0 Å². The van der Waals surface area contributed by atoms with E-state index in [9.17, 15) is 9.59 Å². The first-order valence-corrected chi connectivity index (χ1v) is 9.95. The van der Waals surface area contributed by atoms with Crippen LogP contribution in [0.15, 0.2) is 0 Å². The van der Waals surface area contributed by atoms with E-state index in [2.05, 4.69) is 26.3 Å². The molecule has 0 heterocycles. The molecule has 0 saturated heterocycles. The molecule has 0 aliphatic heterocycles. The lowest BCUT2D eigenvalue weighted by molar-refractivity contribution is -0.882. The molecule has 1 amide bonds. The SMILES string of the molecule is CCCCCCCCCCCC(=O)NCCC[N+](C)(C)CC(C)=O. The third kappa shape index (κ3) is 16.0. The van der Waals surface area contributed by atoms with Crippen molar-refractivity contribution < 1.29 is 14.1 Å². The maximum Gasteiger partial charge on any atom is 0.219 e. The predicted molar refractivity (Wildman–Crippen MR) is 102 cm³/mol. The zero-order valence-electron chi connectivity index (χ0n) is 16.7. The Balaban J connectivity index is 3.43. The summed E-state index contributed by atoms with van der Waals surface area (Å²) >= 11 is 0. The number of hydrogen-bond donors (Lipinski definition) is 1. The molecule has 4 heteroatoms. The summed E-state index contributed by atoms with van der Waals surface area (Å²) in [5.74, 6) is 0.393. The van der Waals surface area contributed by atoms with Crippen LogP contribution in [0.5, 0.6) is 0 Å². The van der Waals surface area contributed by atoms with Gasteiger partial charge in [-0.3, -0.25) is 9.59 Å². The van der Waals surface area contributed by atoms with Crippen molar-refractivity contribution in [1.29, 1.82) is 0 Å². The van der Waals surface area contributed by atoms with E-state index >= 15 is 0 Å². The van der Waals surface area contributed by atoms with Crippen molar-refractivity contribution in [2.24, 2.45) is 0 Å². The van der Waals surface area contributed by atoms with Gasteiger partial charge in [0.1, 0.15) is 6.54 Å². The maximum atomic E-state index is 11.8. The lowest BCUT2D eigenvalue weighted by Crippen LogP contribution is -2.44. The van der Waals surface area contributed by atoms with E-state index in [1.807, 2.05) is 0 Å². The van der Waals surface area contributed by atoms with Crippen LogP contribution in [0.4, 0.5) is 0 Å². The Kier molecular flexibility index (Phi) is 13.9. The fourth-order valence-corrected chi connectivity index (χ4v) is 3.10. The molecule has 4 nitrogen and oxygen atoms in total. The molecule has 0 atom stereocenters. The Bertz CT molecular complexity index is 341. The fourth-order valence-electron chi connectivity index (χ4n) is 3.10. The molecule has 0 spiro atoms. The molecule has 0 aromatic heterocycles. The first-order valence-electron chi connectivity index (χ1n) is 9.95. The molecule has 0 fully saturated rings. The molecule has 1 N–H and O–H groups in total. The van der Waals surface area contributed by atoms with Crippen LogP contribution in [0, 0.1) is 0 Å². The fraction of sp³-hybridized carbons (Fsp3) is 0.900. The van der Waals surface area contributed by atoms with E-state index in [0.29, 0.717) is 17.4 Å². The van der Waals surface area contributed by atoms with Crippen molar-refractivity contribution in [2.45, 2.75) is 84.5 Å². The first kappa shape index (κ1) is 23.1. The molecule has 24 heavy (non-hydrogen) atoms. The van der Waals surface area contributed by atoms with Crippen LogP contribution in [0.1, 0.15) is 84.5 Å². The summed E-state index contributed by atoms with van der Waals surface area (Å²) in [6.07, 6.45) is 13.1. The molecule has 0 aromatic carbocycles. The molecule has 142 valence electrons. The molecular formula is C20H41N2O2+. The van der Waals surface area contributed by atoms with Gasteiger partial charge in [0.2, 0.25) is 5.91 Å². The van der Waals surface area contributed by atoms with Crippen molar-refractivity contribution >= 4 is 11.7 Å². The van der Waals surface area contributed by atoms with Gasteiger partial charge < -0.3 is 9.80 Å². The van der Waals surface area contributed by atoms with Crippen LogP contribution in [0.3, 0.4) is 0 Å². The average molecular weight is 342 g/mol. The minimum absolute atomic E-state index is 0.176. The molecular weight excluding hydrogens is 300 g/mol. The smallest absolute Gasteiger partial charge is 0.219 e. The number of likely N-dealkylation sites (N-methyl/N-ethyl adjacent to an activating group) is 1. The molecule has 0 unspecified atom stereocenters. The van der Waals surface area contributed by atoms with Crippen LogP contribution in [0.2, 0.25) is 0 Å². The number of unbranched alkanes of at least 4 members (excludes halogenated alkanes) is 8. The Hall–Kier alpha value is -0.900. The van der Waals surface area contributed by atoms with E-state index in [1.54, 1.807) is 6.92 Å². The summed E-state index contributed by atoms with van der Waals surface area (Å²) in [7, 11) is 4.12. The second-order valence-corrected chi connectivity index (χ2v) is 7.80. The third-order valence-electron chi connectivity index (χ3n) is 4.42. The normalized spacial score (nSPS) is 11.5. The standard InChI is InChI=1S/C20H40N2O2/c1-5-6-7-8-9-10-11-12-13-15-20(24)21-16-14-17-22(3,4)18-19(2)23/h5-18H2,1-4H3/p+1. The lowest BCUT2D eigenvalue weighted by Gasteiger charge is -2.28. The molecule has 0 saturated carbocycles. The number of rotatable bonds is 16. The van der Waals surface area contributed by atoms with Gasteiger partial charge in [0.05, 0.1) is 20.6 Å². The van der Waals surface area contributed by atoms with Gasteiger partial charge in [0, 0.05) is 26.3 Å². The highest BCUT2D eigenvalue weighted by atomic mass is 16.1. The van der Waals surface area contributed by atoms with Crippen molar-refractivity contribution in [3.8, 4) is 0 Å². The molecule has 0 radical (unpaired) electrons. The molecule has 0 aliphatic carbocycles. The zero-order chi connectivity index (χ0) is 18.3. The third-order valence-corrected chi connectivity index (χ3v) is 4.42. The molecule has 0 aromatic rings. The van der Waals surface area contributed by atoms with Crippen molar-refractivity contribution in [3.63, 3.8) is 0 Å². The largest absolute Gasteiger partial charge is 0.356 e. The quantitative estimate of drug-likeness (QED) is 0.340. The van der Waals surface area contributed by atoms with Crippen LogP contribution in [0.25, 0.3) is 0 Å². The van der Waals surface area contributed by atoms with E-state index in [4.69, 9.17) is 0 Å². The monoisotopic (exact) mass is 341 g/mol. The number of carbonyl (C=O) groups is 2. The van der Waals surface area contributed by atoms with Crippen LogP contribution < -0.4 is 5.32 Å². The first-order chi connectivity index (χ1) is 11.4. The number of Topliss-reactive ketones (excluding diaryl/α,β-unsaturated/α-hetero) is 1. The van der Waals surface area contributed by atoms with Crippen molar-refractivity contribution in [3.05, 3.63) is 0 Å². The Morgan fingerprint density at radius 3 is 1.92 bits per heavy atom. The Labute approximate surface area is 150 Å². The van der Waals surface area contributed by atoms with E-state index in [0.717, 1.165) is 25.9 Å². The maximum absolute atomic E-state index is 11.8. The highest BCUT2D eigenvalue weighted by Crippen LogP contribution is 2.10. The summed E-state index contributed by atoms with van der Waals surface area (Å²) in [6.45, 7) is 6.07. The summed E-state index contributed by atoms with van der Waals surface area (Å²) in [4.78, 5) is 23.0. The number of amides is 1. The van der Waals surface area contributed by atoms with E-state index in [1.165, 1.54) is 51.4 Å². The van der Waals surface area contributed by atoms with Crippen LogP contribution in [-0.2, 0) is 9.59 Å². The lowest BCUT2D eigenvalue weighted by atomic mass is 10.1. The van der Waals surface area contributed by atoms with Gasteiger partial charge in [-0.05, 0) is 6.42 Å². The highest BCUT2D eigenvalue weighted by Gasteiger charge is 2.16. The van der Waals surface area contributed by atoms with Crippen molar-refractivity contribution in [2.75, 3.05) is 33.7 Å². The van der Waals surface area contributed by atoms with E-state index < -0.39 is 0 Å². The number of nitrogens with one attached hydrogen (secondary N) is 1. The topological polar surface area (TPSA) is 46.2 Å². The number of carbonyl (C=O) groups excluding carboxylic acids is 2. The summed E-state index contributed by atoms with van der Waals surface area (Å²) in [5.41, 5.74) is 0. The van der Waals surface area contributed by atoms with Crippen molar-refractivity contribution in [1.82, 2.24) is 5.32 Å². The number of hydrogen-bond acceptors (Lipinski definition) is 2. The van der Waals surface area contributed by atoms with Gasteiger partial charge in [0.25, 0.3) is 0 Å². The van der Waals surface area contributed by atoms with Crippen LogP contribution >= 0.6 is 0 Å².